The summed E-state index contributed by atoms with van der Waals surface area (Å²) in [5.74, 6) is 0. The molecule has 1 aliphatic heterocycles. The van der Waals surface area contributed by atoms with E-state index in [0.717, 1.165) is 5.69 Å². The molecule has 1 fully saturated rings. The van der Waals surface area contributed by atoms with Crippen LogP contribution in [0.15, 0.2) is 24.4 Å². The summed E-state index contributed by atoms with van der Waals surface area (Å²) >= 11 is 6.04. The van der Waals surface area contributed by atoms with E-state index in [1.807, 2.05) is 17.0 Å². The van der Waals surface area contributed by atoms with E-state index < -0.39 is 5.60 Å². The van der Waals surface area contributed by atoms with Gasteiger partial charge in [-0.25, -0.2) is 0 Å². The highest BCUT2D eigenvalue weighted by Crippen LogP contribution is 2.34. The van der Waals surface area contributed by atoms with Crippen LogP contribution < -0.4 is 4.90 Å². The molecule has 2 N–H and O–H groups in total. The predicted molar refractivity (Wildman–Crippen MR) is 73.3 cm³/mol. The summed E-state index contributed by atoms with van der Waals surface area (Å²) in [7, 11) is 0. The van der Waals surface area contributed by atoms with Crippen molar-refractivity contribution in [2.45, 2.75) is 12.0 Å². The molecule has 1 aliphatic rings. The van der Waals surface area contributed by atoms with Gasteiger partial charge in [0.15, 0.2) is 0 Å². The smallest absolute Gasteiger partial charge is 0.129 e. The van der Waals surface area contributed by atoms with Crippen LogP contribution in [0.3, 0.4) is 0 Å². The van der Waals surface area contributed by atoms with Crippen molar-refractivity contribution in [3.05, 3.63) is 40.7 Å². The minimum absolute atomic E-state index is 0.418. The minimum Gasteiger partial charge on any atom is -0.381 e. The van der Waals surface area contributed by atoms with E-state index >= 15 is 0 Å². The maximum absolute atomic E-state index is 10.6. The fraction of sp³-hybridized carbons (Fsp3) is 0.308. The Morgan fingerprint density at radius 2 is 2.35 bits per heavy atom. The Morgan fingerprint density at radius 1 is 1.50 bits per heavy atom. The van der Waals surface area contributed by atoms with Gasteiger partial charge in [-0.05, 0) is 18.2 Å². The van der Waals surface area contributed by atoms with Crippen molar-refractivity contribution < 1.29 is 5.11 Å². The number of aliphatic hydroxyl groups is 1. The first-order chi connectivity index (χ1) is 9.62. The third kappa shape index (κ3) is 2.11. The van der Waals surface area contributed by atoms with Crippen LogP contribution in [0.4, 0.5) is 5.69 Å². The molecule has 0 unspecified atom stereocenters. The summed E-state index contributed by atoms with van der Waals surface area (Å²) in [5, 5.41) is 30.1. The highest BCUT2D eigenvalue weighted by Gasteiger charge is 2.39. The number of aromatic amines is 1. The molecule has 0 amide bonds. The summed E-state index contributed by atoms with van der Waals surface area (Å²) in [5.41, 5.74) is 0.863. The first-order valence-corrected chi connectivity index (χ1v) is 6.53. The van der Waals surface area contributed by atoms with Gasteiger partial charge < -0.3 is 10.0 Å². The van der Waals surface area contributed by atoms with Gasteiger partial charge >= 0.3 is 0 Å². The molecule has 102 valence electrons. The van der Waals surface area contributed by atoms with Crippen LogP contribution in [-0.4, -0.2) is 33.6 Å². The molecular weight excluding hydrogens is 278 g/mol. The molecule has 0 aliphatic carbocycles. The van der Waals surface area contributed by atoms with E-state index in [-0.39, 0.29) is 0 Å². The van der Waals surface area contributed by atoms with Gasteiger partial charge in [0, 0.05) is 18.7 Å². The van der Waals surface area contributed by atoms with Crippen LogP contribution in [-0.2, 0) is 5.60 Å². The number of H-pyrrole nitrogens is 1. The lowest BCUT2D eigenvalue weighted by Crippen LogP contribution is -2.31. The molecule has 7 heteroatoms. The van der Waals surface area contributed by atoms with Gasteiger partial charge in [-0.15, -0.1) is 0 Å². The van der Waals surface area contributed by atoms with Crippen LogP contribution in [0.5, 0.6) is 0 Å². The van der Waals surface area contributed by atoms with E-state index in [4.69, 9.17) is 16.9 Å². The normalized spacial score (nSPS) is 21.9. The molecule has 1 aromatic carbocycles. The molecule has 1 aromatic heterocycles. The minimum atomic E-state index is -1.01. The summed E-state index contributed by atoms with van der Waals surface area (Å²) in [6, 6.07) is 7.29. The molecule has 6 nitrogen and oxygen atoms in total. The molecule has 2 heterocycles. The SMILES string of the molecule is N#Cc1ccc(N2CC[C@](O)(c3cn[nH]n3)C2)cc1Cl. The number of nitrogens with zero attached hydrogens (tertiary/aromatic N) is 4. The fourth-order valence-electron chi connectivity index (χ4n) is 2.44. The molecule has 1 atom stereocenters. The number of anilines is 1. The zero-order chi connectivity index (χ0) is 14.2. The predicted octanol–water partition coefficient (Wildman–Crippen LogP) is 1.43. The van der Waals surface area contributed by atoms with Crippen molar-refractivity contribution in [3.8, 4) is 6.07 Å². The van der Waals surface area contributed by atoms with Crippen LogP contribution in [0.25, 0.3) is 0 Å². The molecule has 20 heavy (non-hydrogen) atoms. The standard InChI is InChI=1S/C13H12ClN5O/c14-11-5-10(2-1-9(11)6-15)19-4-3-13(20,8-19)12-7-16-18-17-12/h1-2,5,7,20H,3-4,8H2,(H,16,17,18)/t13-/m1/s1. The maximum atomic E-state index is 10.6. The Bertz CT molecular complexity index is 666. The molecular formula is C13H12ClN5O. The second-order valence-electron chi connectivity index (χ2n) is 4.83. The number of aromatic nitrogens is 3. The van der Waals surface area contributed by atoms with Gasteiger partial charge in [0.25, 0.3) is 0 Å². The molecule has 1 saturated heterocycles. The Morgan fingerprint density at radius 3 is 3.00 bits per heavy atom. The average molecular weight is 290 g/mol. The van der Waals surface area contributed by atoms with E-state index in [1.165, 1.54) is 6.20 Å². The van der Waals surface area contributed by atoms with E-state index in [2.05, 4.69) is 15.4 Å². The van der Waals surface area contributed by atoms with Gasteiger partial charge in [0.2, 0.25) is 0 Å². The number of nitrogens with one attached hydrogen (secondary N) is 1. The number of halogens is 1. The van der Waals surface area contributed by atoms with Crippen LogP contribution in [0.1, 0.15) is 17.7 Å². The van der Waals surface area contributed by atoms with Crippen molar-refractivity contribution in [2.75, 3.05) is 18.0 Å². The van der Waals surface area contributed by atoms with Crippen molar-refractivity contribution in [3.63, 3.8) is 0 Å². The fourth-order valence-corrected chi connectivity index (χ4v) is 2.66. The molecule has 3 rings (SSSR count). The Hall–Kier alpha value is -2.10. The molecule has 0 bridgehead atoms. The number of benzene rings is 1. The zero-order valence-corrected chi connectivity index (χ0v) is 11.3. The second kappa shape index (κ2) is 4.78. The largest absolute Gasteiger partial charge is 0.381 e. The monoisotopic (exact) mass is 289 g/mol. The van der Waals surface area contributed by atoms with Crippen LogP contribution >= 0.6 is 11.6 Å². The first-order valence-electron chi connectivity index (χ1n) is 6.16. The van der Waals surface area contributed by atoms with E-state index in [1.54, 1.807) is 12.1 Å². The molecule has 0 radical (unpaired) electrons. The number of β-amino-alcohol motifs (C(OH)–C–C–N with tert-alkyl or cyclic N) is 1. The summed E-state index contributed by atoms with van der Waals surface area (Å²) in [6.07, 6.45) is 2.10. The molecule has 2 aromatic rings. The summed E-state index contributed by atoms with van der Waals surface area (Å²) in [4.78, 5) is 2.02. The maximum Gasteiger partial charge on any atom is 0.129 e. The lowest BCUT2D eigenvalue weighted by atomic mass is 10.00. The number of nitriles is 1. The van der Waals surface area contributed by atoms with Crippen LogP contribution in [0, 0.1) is 11.3 Å². The first kappa shape index (κ1) is 12.9. The summed E-state index contributed by atoms with van der Waals surface area (Å²) < 4.78 is 0. The molecule has 0 spiro atoms. The Balaban J connectivity index is 1.84. The zero-order valence-electron chi connectivity index (χ0n) is 10.5. The number of hydrogen-bond acceptors (Lipinski definition) is 5. The van der Waals surface area contributed by atoms with Gasteiger partial charge in [-0.1, -0.05) is 11.6 Å². The van der Waals surface area contributed by atoms with E-state index in [9.17, 15) is 5.11 Å². The quantitative estimate of drug-likeness (QED) is 0.873. The second-order valence-corrected chi connectivity index (χ2v) is 5.24. The number of rotatable bonds is 2. The van der Waals surface area contributed by atoms with E-state index in [0.29, 0.717) is 35.8 Å². The highest BCUT2D eigenvalue weighted by atomic mass is 35.5. The third-order valence-corrected chi connectivity index (χ3v) is 3.89. The highest BCUT2D eigenvalue weighted by molar-refractivity contribution is 6.32. The van der Waals surface area contributed by atoms with Gasteiger partial charge in [-0.3, -0.25) is 0 Å². The van der Waals surface area contributed by atoms with Crippen molar-refractivity contribution in [1.29, 1.82) is 5.26 Å². The summed E-state index contributed by atoms with van der Waals surface area (Å²) in [6.45, 7) is 1.10. The average Bonchev–Trinajstić information content (AvgIpc) is 3.08. The Labute approximate surface area is 120 Å². The topological polar surface area (TPSA) is 88.8 Å². The Kier molecular flexibility index (Phi) is 3.08. The van der Waals surface area contributed by atoms with Gasteiger partial charge in [0.1, 0.15) is 17.4 Å². The lowest BCUT2D eigenvalue weighted by molar-refractivity contribution is 0.0560. The lowest BCUT2D eigenvalue weighted by Gasteiger charge is -2.22. The van der Waals surface area contributed by atoms with Crippen molar-refractivity contribution in [1.82, 2.24) is 15.4 Å². The van der Waals surface area contributed by atoms with Gasteiger partial charge in [0.05, 0.1) is 23.3 Å². The third-order valence-electron chi connectivity index (χ3n) is 3.58. The van der Waals surface area contributed by atoms with Gasteiger partial charge in [-0.2, -0.15) is 20.7 Å². The molecule has 0 saturated carbocycles. The van der Waals surface area contributed by atoms with Crippen molar-refractivity contribution >= 4 is 17.3 Å². The van der Waals surface area contributed by atoms with Crippen LogP contribution in [0.2, 0.25) is 5.02 Å². The van der Waals surface area contributed by atoms with Crippen molar-refractivity contribution in [2.24, 2.45) is 0 Å². The number of hydrogen-bond donors (Lipinski definition) is 2.